The van der Waals surface area contributed by atoms with Crippen LogP contribution in [0, 0.1) is 11.7 Å². The van der Waals surface area contributed by atoms with Gasteiger partial charge in [-0.05, 0) is 30.4 Å². The van der Waals surface area contributed by atoms with Crippen LogP contribution in [0.5, 0.6) is 0 Å². The van der Waals surface area contributed by atoms with E-state index in [1.807, 2.05) is 0 Å². The summed E-state index contributed by atoms with van der Waals surface area (Å²) in [4.78, 5) is 25.5. The van der Waals surface area contributed by atoms with Crippen LogP contribution in [0.1, 0.15) is 30.9 Å². The van der Waals surface area contributed by atoms with Crippen LogP contribution in [0.4, 0.5) is 4.39 Å². The quantitative estimate of drug-likeness (QED) is 0.823. The van der Waals surface area contributed by atoms with Gasteiger partial charge in [-0.15, -0.1) is 0 Å². The second kappa shape index (κ2) is 7.35. The van der Waals surface area contributed by atoms with Gasteiger partial charge in [0.05, 0.1) is 0 Å². The Morgan fingerprint density at radius 1 is 1.36 bits per heavy atom. The number of rotatable bonds is 3. The Kier molecular flexibility index (Phi) is 5.49. The van der Waals surface area contributed by atoms with Crippen LogP contribution in [0.15, 0.2) is 18.2 Å². The Morgan fingerprint density at radius 2 is 2.05 bits per heavy atom. The van der Waals surface area contributed by atoms with Crippen LogP contribution in [0.25, 0.3) is 0 Å². The molecule has 0 aliphatic carbocycles. The van der Waals surface area contributed by atoms with Crippen molar-refractivity contribution < 1.29 is 14.0 Å². The highest BCUT2D eigenvalue weighted by Crippen LogP contribution is 2.16. The van der Waals surface area contributed by atoms with Gasteiger partial charge >= 0.3 is 11.8 Å². The van der Waals surface area contributed by atoms with Crippen LogP contribution < -0.4 is 11.1 Å². The molecule has 1 aromatic rings. The molecule has 1 heterocycles. The Labute approximate surface area is 129 Å². The van der Waals surface area contributed by atoms with E-state index in [-0.39, 0.29) is 13.1 Å². The molecule has 2 rings (SSSR count). The van der Waals surface area contributed by atoms with E-state index >= 15 is 0 Å². The third-order valence-electron chi connectivity index (χ3n) is 4.06. The minimum atomic E-state index is -0.683. The number of nitrogens with zero attached hydrogens (tertiary/aromatic N) is 1. The van der Waals surface area contributed by atoms with E-state index in [1.165, 1.54) is 6.07 Å². The zero-order valence-electron chi connectivity index (χ0n) is 12.8. The van der Waals surface area contributed by atoms with Crippen molar-refractivity contribution in [2.75, 3.05) is 13.1 Å². The summed E-state index contributed by atoms with van der Waals surface area (Å²) in [5, 5.41) is 2.48. The van der Waals surface area contributed by atoms with E-state index in [1.54, 1.807) is 17.0 Å². The van der Waals surface area contributed by atoms with Gasteiger partial charge in [0.1, 0.15) is 5.82 Å². The molecule has 1 aliphatic heterocycles. The van der Waals surface area contributed by atoms with E-state index < -0.39 is 17.6 Å². The van der Waals surface area contributed by atoms with Crippen LogP contribution in [-0.4, -0.2) is 29.8 Å². The molecule has 0 aromatic heterocycles. The molecule has 0 unspecified atom stereocenters. The molecule has 0 spiro atoms. The van der Waals surface area contributed by atoms with Crippen molar-refractivity contribution in [3.05, 3.63) is 35.1 Å². The Hall–Kier alpha value is -1.95. The summed E-state index contributed by atoms with van der Waals surface area (Å²) in [6.07, 6.45) is 1.82. The van der Waals surface area contributed by atoms with Crippen molar-refractivity contribution in [2.24, 2.45) is 11.7 Å². The maximum atomic E-state index is 13.8. The van der Waals surface area contributed by atoms with E-state index in [0.29, 0.717) is 30.1 Å². The number of amides is 2. The topological polar surface area (TPSA) is 75.4 Å². The van der Waals surface area contributed by atoms with Gasteiger partial charge in [0.2, 0.25) is 0 Å². The first-order chi connectivity index (χ1) is 10.5. The third-order valence-corrected chi connectivity index (χ3v) is 4.06. The molecule has 1 fully saturated rings. The number of carbonyl (C=O) groups is 2. The van der Waals surface area contributed by atoms with Crippen LogP contribution in [0.2, 0.25) is 0 Å². The summed E-state index contributed by atoms with van der Waals surface area (Å²) < 4.78 is 13.8. The second-order valence-corrected chi connectivity index (χ2v) is 5.79. The third kappa shape index (κ3) is 4.04. The molecule has 1 aromatic carbocycles. The number of carbonyl (C=O) groups excluding carboxylic acids is 2. The lowest BCUT2D eigenvalue weighted by Gasteiger charge is -2.29. The highest BCUT2D eigenvalue weighted by Gasteiger charge is 2.25. The molecular formula is C16H22FN3O2. The van der Waals surface area contributed by atoms with E-state index in [0.717, 1.165) is 12.8 Å². The first-order valence-electron chi connectivity index (χ1n) is 7.55. The van der Waals surface area contributed by atoms with Crippen molar-refractivity contribution in [1.82, 2.24) is 10.2 Å². The number of hydrogen-bond acceptors (Lipinski definition) is 3. The van der Waals surface area contributed by atoms with Gasteiger partial charge in [-0.1, -0.05) is 19.1 Å². The largest absolute Gasteiger partial charge is 0.344 e. The van der Waals surface area contributed by atoms with Gasteiger partial charge in [0.15, 0.2) is 0 Å². The highest BCUT2D eigenvalue weighted by molar-refractivity contribution is 6.34. The average molecular weight is 307 g/mol. The maximum absolute atomic E-state index is 13.8. The van der Waals surface area contributed by atoms with Crippen LogP contribution in [-0.2, 0) is 22.7 Å². The van der Waals surface area contributed by atoms with Gasteiger partial charge in [-0.2, -0.15) is 0 Å². The summed E-state index contributed by atoms with van der Waals surface area (Å²) in [6, 6.07) is 4.62. The zero-order valence-corrected chi connectivity index (χ0v) is 12.8. The van der Waals surface area contributed by atoms with Crippen molar-refractivity contribution >= 4 is 11.8 Å². The molecule has 22 heavy (non-hydrogen) atoms. The van der Waals surface area contributed by atoms with Gasteiger partial charge in [0.25, 0.3) is 0 Å². The minimum absolute atomic E-state index is 0.00843. The lowest BCUT2D eigenvalue weighted by molar-refractivity contribution is -0.146. The van der Waals surface area contributed by atoms with Gasteiger partial charge < -0.3 is 16.0 Å². The number of halogens is 1. The zero-order chi connectivity index (χ0) is 16.1. The van der Waals surface area contributed by atoms with Crippen LogP contribution >= 0.6 is 0 Å². The van der Waals surface area contributed by atoms with E-state index in [2.05, 4.69) is 12.2 Å². The van der Waals surface area contributed by atoms with Crippen molar-refractivity contribution in [2.45, 2.75) is 32.9 Å². The molecule has 1 aliphatic rings. The molecule has 3 N–H and O–H groups in total. The van der Waals surface area contributed by atoms with E-state index in [9.17, 15) is 14.0 Å². The van der Waals surface area contributed by atoms with E-state index in [4.69, 9.17) is 5.73 Å². The monoisotopic (exact) mass is 307 g/mol. The number of piperidine rings is 1. The normalized spacial score (nSPS) is 15.7. The molecule has 0 bridgehead atoms. The van der Waals surface area contributed by atoms with Gasteiger partial charge in [-0.25, -0.2) is 4.39 Å². The first-order valence-corrected chi connectivity index (χ1v) is 7.55. The highest BCUT2D eigenvalue weighted by atomic mass is 19.1. The summed E-state index contributed by atoms with van der Waals surface area (Å²) >= 11 is 0. The fourth-order valence-electron chi connectivity index (χ4n) is 2.47. The Balaban J connectivity index is 1.88. The Morgan fingerprint density at radius 3 is 2.64 bits per heavy atom. The van der Waals surface area contributed by atoms with Gasteiger partial charge in [0, 0.05) is 31.7 Å². The minimum Gasteiger partial charge on any atom is -0.344 e. The second-order valence-electron chi connectivity index (χ2n) is 5.79. The van der Waals surface area contributed by atoms with Crippen LogP contribution in [0.3, 0.4) is 0 Å². The summed E-state index contributed by atoms with van der Waals surface area (Å²) in [5.74, 6) is -1.06. The molecule has 120 valence electrons. The molecule has 1 saturated heterocycles. The first kappa shape index (κ1) is 16.4. The fraction of sp³-hybridized carbons (Fsp3) is 0.500. The molecule has 6 heteroatoms. The fourth-order valence-corrected chi connectivity index (χ4v) is 2.47. The summed E-state index contributed by atoms with van der Waals surface area (Å²) in [6.45, 7) is 3.59. The van der Waals surface area contributed by atoms with Crippen molar-refractivity contribution in [1.29, 1.82) is 0 Å². The number of likely N-dealkylation sites (tertiary alicyclic amines) is 1. The molecule has 0 radical (unpaired) electrons. The van der Waals surface area contributed by atoms with Crippen molar-refractivity contribution in [3.63, 3.8) is 0 Å². The summed E-state index contributed by atoms with van der Waals surface area (Å²) in [7, 11) is 0. The molecular weight excluding hydrogens is 285 g/mol. The smallest absolute Gasteiger partial charge is 0.311 e. The number of benzene rings is 1. The number of hydrogen-bond donors (Lipinski definition) is 2. The SMILES string of the molecule is CC1CCN(C(=O)C(=O)NCc2ccc(CN)cc2F)CC1. The predicted octanol–water partition coefficient (Wildman–Crippen LogP) is 1.16. The molecule has 0 atom stereocenters. The maximum Gasteiger partial charge on any atom is 0.311 e. The molecule has 0 saturated carbocycles. The molecule has 2 amide bonds. The lowest BCUT2D eigenvalue weighted by atomic mass is 9.99. The summed E-state index contributed by atoms with van der Waals surface area (Å²) in [5.41, 5.74) is 6.46. The van der Waals surface area contributed by atoms with Crippen molar-refractivity contribution in [3.8, 4) is 0 Å². The standard InChI is InChI=1S/C16H22FN3O2/c1-11-4-6-20(7-5-11)16(22)15(21)19-10-13-3-2-12(9-18)8-14(13)17/h2-3,8,11H,4-7,9-10,18H2,1H3,(H,19,21). The molecule has 5 nitrogen and oxygen atoms in total. The predicted molar refractivity (Wildman–Crippen MR) is 81.1 cm³/mol. The number of nitrogens with one attached hydrogen (secondary N) is 1. The lowest BCUT2D eigenvalue weighted by Crippen LogP contribution is -2.46. The average Bonchev–Trinajstić information content (AvgIpc) is 2.53. The Bertz CT molecular complexity index is 554. The number of nitrogens with two attached hydrogens (primary N) is 1. The van der Waals surface area contributed by atoms with Gasteiger partial charge in [-0.3, -0.25) is 9.59 Å².